The van der Waals surface area contributed by atoms with Crippen LogP contribution in [0.4, 0.5) is 5.13 Å². The third kappa shape index (κ3) is 5.47. The fraction of sp³-hybridized carbons (Fsp3) is 0.231. The first-order chi connectivity index (χ1) is 16.8. The minimum atomic E-state index is -3.65. The van der Waals surface area contributed by atoms with Gasteiger partial charge in [0, 0.05) is 6.42 Å². The highest BCUT2D eigenvalue weighted by atomic mass is 32.2. The summed E-state index contributed by atoms with van der Waals surface area (Å²) in [6.07, 6.45) is -0.173. The number of benzene rings is 3. The normalized spacial score (nSPS) is 11.4. The van der Waals surface area contributed by atoms with Crippen molar-refractivity contribution in [2.45, 2.75) is 24.8 Å². The lowest BCUT2D eigenvalue weighted by atomic mass is 10.2. The van der Waals surface area contributed by atoms with Gasteiger partial charge in [0.25, 0.3) is 0 Å². The maximum absolute atomic E-state index is 13.4. The molecule has 1 amide bonds. The average Bonchev–Trinajstić information content (AvgIpc) is 3.33. The molecule has 35 heavy (non-hydrogen) atoms. The highest BCUT2D eigenvalue weighted by Crippen LogP contribution is 2.37. The Morgan fingerprint density at radius 1 is 0.971 bits per heavy atom. The number of carbonyl (C=O) groups excluding carboxylic acids is 1. The number of rotatable bonds is 9. The van der Waals surface area contributed by atoms with E-state index < -0.39 is 9.84 Å². The molecule has 0 saturated heterocycles. The number of aromatic nitrogens is 1. The Bertz CT molecular complexity index is 1430. The van der Waals surface area contributed by atoms with Crippen molar-refractivity contribution in [3.63, 3.8) is 0 Å². The Morgan fingerprint density at radius 2 is 1.69 bits per heavy atom. The van der Waals surface area contributed by atoms with Gasteiger partial charge in [0.1, 0.15) is 17.0 Å². The molecule has 0 unspecified atom stereocenters. The van der Waals surface area contributed by atoms with Gasteiger partial charge in [0.15, 0.2) is 15.0 Å². The molecular weight excluding hydrogens is 484 g/mol. The van der Waals surface area contributed by atoms with Crippen LogP contribution in [-0.4, -0.2) is 39.3 Å². The number of aryl methyl sites for hydroxylation is 1. The molecule has 4 aromatic rings. The summed E-state index contributed by atoms with van der Waals surface area (Å²) in [6, 6.07) is 19.5. The molecular formula is C26H26N2O5S2. The molecule has 0 N–H and O–H groups in total. The topological polar surface area (TPSA) is 85.8 Å². The van der Waals surface area contributed by atoms with Gasteiger partial charge in [-0.1, -0.05) is 47.7 Å². The van der Waals surface area contributed by atoms with Crippen LogP contribution < -0.4 is 14.4 Å². The van der Waals surface area contributed by atoms with E-state index >= 15 is 0 Å². The first-order valence-electron chi connectivity index (χ1n) is 11.0. The molecule has 0 bridgehead atoms. The van der Waals surface area contributed by atoms with Gasteiger partial charge in [-0.15, -0.1) is 0 Å². The Hall–Kier alpha value is -3.43. The number of amides is 1. The van der Waals surface area contributed by atoms with E-state index in [0.717, 1.165) is 15.8 Å². The summed E-state index contributed by atoms with van der Waals surface area (Å²) in [6.45, 7) is 2.26. The molecule has 0 aliphatic carbocycles. The van der Waals surface area contributed by atoms with E-state index in [1.165, 1.54) is 30.6 Å². The van der Waals surface area contributed by atoms with Crippen molar-refractivity contribution in [1.82, 2.24) is 4.98 Å². The number of sulfone groups is 1. The monoisotopic (exact) mass is 510 g/mol. The summed E-state index contributed by atoms with van der Waals surface area (Å²) in [5.74, 6) is 0.566. The molecule has 0 spiro atoms. The van der Waals surface area contributed by atoms with E-state index in [-0.39, 0.29) is 29.5 Å². The minimum Gasteiger partial charge on any atom is -0.497 e. The summed E-state index contributed by atoms with van der Waals surface area (Å²) in [5.41, 5.74) is 2.63. The average molecular weight is 511 g/mol. The van der Waals surface area contributed by atoms with E-state index in [1.807, 2.05) is 49.4 Å². The highest BCUT2D eigenvalue weighted by molar-refractivity contribution is 7.91. The maximum Gasteiger partial charge on any atom is 0.230 e. The molecule has 1 heterocycles. The molecule has 9 heteroatoms. The highest BCUT2D eigenvalue weighted by Gasteiger charge is 2.24. The van der Waals surface area contributed by atoms with E-state index in [0.29, 0.717) is 22.1 Å². The SMILES string of the molecule is COc1ccc(S(=O)(=O)CCC(=O)N(Cc2ccccc2)c2nc3c(OC)ccc(C)c3s2)cc1. The number of anilines is 1. The fourth-order valence-corrected chi connectivity index (χ4v) is 5.96. The summed E-state index contributed by atoms with van der Waals surface area (Å²) in [5, 5.41) is 0.503. The van der Waals surface area contributed by atoms with Gasteiger partial charge in [-0.05, 0) is 48.4 Å². The molecule has 3 aromatic carbocycles. The third-order valence-electron chi connectivity index (χ3n) is 5.63. The molecule has 182 valence electrons. The van der Waals surface area contributed by atoms with Crippen LogP contribution in [0.5, 0.6) is 11.5 Å². The lowest BCUT2D eigenvalue weighted by Crippen LogP contribution is -2.31. The van der Waals surface area contributed by atoms with E-state index in [1.54, 1.807) is 24.1 Å². The Morgan fingerprint density at radius 3 is 2.34 bits per heavy atom. The van der Waals surface area contributed by atoms with E-state index in [4.69, 9.17) is 14.5 Å². The van der Waals surface area contributed by atoms with Gasteiger partial charge < -0.3 is 9.47 Å². The number of methoxy groups -OCH3 is 2. The molecule has 0 aliphatic heterocycles. The molecule has 0 atom stereocenters. The summed E-state index contributed by atoms with van der Waals surface area (Å²) >= 11 is 1.39. The van der Waals surface area contributed by atoms with Crippen LogP contribution in [0.1, 0.15) is 17.5 Å². The van der Waals surface area contributed by atoms with Crippen molar-refractivity contribution in [3.05, 3.63) is 77.9 Å². The van der Waals surface area contributed by atoms with E-state index in [2.05, 4.69) is 0 Å². The fourth-order valence-electron chi connectivity index (χ4n) is 3.66. The second-order valence-electron chi connectivity index (χ2n) is 7.97. The minimum absolute atomic E-state index is 0.154. The first kappa shape index (κ1) is 24.7. The Balaban J connectivity index is 1.63. The van der Waals surface area contributed by atoms with Gasteiger partial charge in [0.05, 0.1) is 36.1 Å². The van der Waals surface area contributed by atoms with Crippen LogP contribution in [-0.2, 0) is 21.2 Å². The zero-order valence-electron chi connectivity index (χ0n) is 19.7. The van der Waals surface area contributed by atoms with Crippen molar-refractivity contribution < 1.29 is 22.7 Å². The van der Waals surface area contributed by atoms with Gasteiger partial charge in [0.2, 0.25) is 5.91 Å². The predicted molar refractivity (Wildman–Crippen MR) is 138 cm³/mol. The summed E-state index contributed by atoms with van der Waals surface area (Å²) < 4.78 is 37.3. The first-order valence-corrected chi connectivity index (χ1v) is 13.4. The van der Waals surface area contributed by atoms with Crippen LogP contribution in [0.15, 0.2) is 71.6 Å². The van der Waals surface area contributed by atoms with Crippen molar-refractivity contribution in [2.24, 2.45) is 0 Å². The lowest BCUT2D eigenvalue weighted by Gasteiger charge is -2.20. The molecule has 7 nitrogen and oxygen atoms in total. The van der Waals surface area contributed by atoms with Crippen LogP contribution in [0, 0.1) is 6.92 Å². The van der Waals surface area contributed by atoms with Gasteiger partial charge >= 0.3 is 0 Å². The maximum atomic E-state index is 13.4. The Kier molecular flexibility index (Phi) is 7.37. The zero-order valence-corrected chi connectivity index (χ0v) is 21.4. The Labute approximate surface area is 208 Å². The molecule has 0 radical (unpaired) electrons. The molecule has 4 rings (SSSR count). The van der Waals surface area contributed by atoms with Gasteiger partial charge in [-0.25, -0.2) is 13.4 Å². The second-order valence-corrected chi connectivity index (χ2v) is 11.1. The second kappa shape index (κ2) is 10.5. The molecule has 0 fully saturated rings. The van der Waals surface area contributed by atoms with Crippen molar-refractivity contribution in [2.75, 3.05) is 24.9 Å². The summed E-state index contributed by atoms with van der Waals surface area (Å²) in [7, 11) is -0.551. The van der Waals surface area contributed by atoms with Crippen LogP contribution in [0.3, 0.4) is 0 Å². The molecule has 0 saturated carbocycles. The summed E-state index contributed by atoms with van der Waals surface area (Å²) in [4.78, 5) is 19.9. The number of ether oxygens (including phenoxy) is 2. The lowest BCUT2D eigenvalue weighted by molar-refractivity contribution is -0.118. The van der Waals surface area contributed by atoms with Gasteiger partial charge in [-0.2, -0.15) is 0 Å². The zero-order chi connectivity index (χ0) is 25.0. The van der Waals surface area contributed by atoms with Crippen LogP contribution in [0.25, 0.3) is 10.2 Å². The van der Waals surface area contributed by atoms with E-state index in [9.17, 15) is 13.2 Å². The van der Waals surface area contributed by atoms with Gasteiger partial charge in [-0.3, -0.25) is 9.69 Å². The van der Waals surface area contributed by atoms with Crippen molar-refractivity contribution >= 4 is 42.4 Å². The number of hydrogen-bond donors (Lipinski definition) is 0. The quantitative estimate of drug-likeness (QED) is 0.314. The van der Waals surface area contributed by atoms with Crippen LogP contribution >= 0.6 is 11.3 Å². The number of thiazole rings is 1. The van der Waals surface area contributed by atoms with Crippen molar-refractivity contribution in [3.8, 4) is 11.5 Å². The smallest absolute Gasteiger partial charge is 0.230 e. The largest absolute Gasteiger partial charge is 0.497 e. The number of carbonyl (C=O) groups is 1. The predicted octanol–water partition coefficient (Wildman–Crippen LogP) is 5.02. The number of hydrogen-bond acceptors (Lipinski definition) is 7. The molecule has 0 aliphatic rings. The standard InChI is InChI=1S/C26H26N2O5S2/c1-18-9-14-22(33-3)24-25(18)34-26(27-24)28(17-19-7-5-4-6-8-19)23(29)15-16-35(30,31)21-12-10-20(32-2)11-13-21/h4-14H,15-17H2,1-3H3. The van der Waals surface area contributed by atoms with Crippen molar-refractivity contribution in [1.29, 1.82) is 0 Å². The number of nitrogens with zero attached hydrogens (tertiary/aromatic N) is 2. The molecule has 1 aromatic heterocycles. The third-order valence-corrected chi connectivity index (χ3v) is 8.58. The number of fused-ring (bicyclic) bond motifs is 1. The van der Waals surface area contributed by atoms with Crippen LogP contribution in [0.2, 0.25) is 0 Å².